The van der Waals surface area contributed by atoms with Gasteiger partial charge in [-0.3, -0.25) is 9.69 Å². The Hall–Kier alpha value is -3.10. The van der Waals surface area contributed by atoms with Gasteiger partial charge in [0.1, 0.15) is 5.01 Å². The molecule has 1 saturated heterocycles. The van der Waals surface area contributed by atoms with E-state index in [0.29, 0.717) is 24.6 Å². The summed E-state index contributed by atoms with van der Waals surface area (Å²) >= 11 is 1.76. The van der Waals surface area contributed by atoms with Crippen molar-refractivity contribution < 1.29 is 9.21 Å². The molecule has 0 bridgehead atoms. The molecular formula is C24H25N5O2S. The number of carbonyl (C=O) groups excluding carboxylic acids is 1. The molecule has 0 N–H and O–H groups in total. The van der Waals surface area contributed by atoms with Crippen LogP contribution in [-0.4, -0.2) is 57.1 Å². The van der Waals surface area contributed by atoms with Crippen molar-refractivity contribution in [3.63, 3.8) is 0 Å². The maximum Gasteiger partial charge on any atom is 0.247 e. The number of aryl methyl sites for hydroxylation is 1. The van der Waals surface area contributed by atoms with Crippen molar-refractivity contribution in [3.8, 4) is 11.5 Å². The largest absolute Gasteiger partial charge is 0.421 e. The van der Waals surface area contributed by atoms with Gasteiger partial charge in [-0.1, -0.05) is 30.3 Å². The zero-order valence-corrected chi connectivity index (χ0v) is 18.8. The van der Waals surface area contributed by atoms with Gasteiger partial charge in [-0.05, 0) is 31.2 Å². The number of aromatic nitrogens is 3. The number of piperazine rings is 1. The maximum absolute atomic E-state index is 12.7. The van der Waals surface area contributed by atoms with E-state index < -0.39 is 0 Å². The summed E-state index contributed by atoms with van der Waals surface area (Å²) in [6.07, 6.45) is 0.838. The van der Waals surface area contributed by atoms with Gasteiger partial charge in [-0.15, -0.1) is 21.5 Å². The lowest BCUT2D eigenvalue weighted by atomic mass is 10.2. The number of nitrogens with zero attached hydrogens (tertiary/aromatic N) is 5. The van der Waals surface area contributed by atoms with Crippen LogP contribution in [-0.2, 0) is 11.2 Å². The quantitative estimate of drug-likeness (QED) is 0.441. The minimum atomic E-state index is 0.136. The highest BCUT2D eigenvalue weighted by Crippen LogP contribution is 2.30. The molecule has 0 unspecified atom stereocenters. The molecule has 1 fully saturated rings. The Morgan fingerprint density at radius 1 is 1.03 bits per heavy atom. The van der Waals surface area contributed by atoms with Gasteiger partial charge >= 0.3 is 0 Å². The van der Waals surface area contributed by atoms with Crippen molar-refractivity contribution >= 4 is 27.5 Å². The zero-order valence-electron chi connectivity index (χ0n) is 18.0. The summed E-state index contributed by atoms with van der Waals surface area (Å²) in [6.45, 7) is 5.36. The van der Waals surface area contributed by atoms with Gasteiger partial charge in [-0.25, -0.2) is 4.98 Å². The van der Waals surface area contributed by atoms with Crippen LogP contribution in [0.1, 0.15) is 30.3 Å². The topological polar surface area (TPSA) is 75.4 Å². The Labute approximate surface area is 190 Å². The molecule has 8 heteroatoms. The first-order valence-corrected chi connectivity index (χ1v) is 11.7. The van der Waals surface area contributed by atoms with Crippen LogP contribution in [0.3, 0.4) is 0 Å². The van der Waals surface area contributed by atoms with Crippen molar-refractivity contribution in [3.05, 3.63) is 65.5 Å². The second-order valence-electron chi connectivity index (χ2n) is 7.98. The maximum atomic E-state index is 12.7. The Morgan fingerprint density at radius 2 is 1.78 bits per heavy atom. The van der Waals surface area contributed by atoms with Crippen molar-refractivity contribution in [1.29, 1.82) is 0 Å². The molecule has 4 aromatic rings. The van der Waals surface area contributed by atoms with E-state index in [2.05, 4.69) is 40.2 Å². The molecule has 1 atom stereocenters. The van der Waals surface area contributed by atoms with Gasteiger partial charge < -0.3 is 9.32 Å². The second kappa shape index (κ2) is 9.18. The van der Waals surface area contributed by atoms with Gasteiger partial charge in [0.25, 0.3) is 0 Å². The fourth-order valence-electron chi connectivity index (χ4n) is 4.01. The number of benzene rings is 2. The van der Waals surface area contributed by atoms with E-state index in [1.165, 1.54) is 4.70 Å². The van der Waals surface area contributed by atoms with E-state index in [-0.39, 0.29) is 11.9 Å². The highest BCUT2D eigenvalue weighted by Gasteiger charge is 2.26. The average Bonchev–Trinajstić information content (AvgIpc) is 3.50. The van der Waals surface area contributed by atoms with Crippen LogP contribution in [0.2, 0.25) is 0 Å². The van der Waals surface area contributed by atoms with Crippen molar-refractivity contribution in [2.24, 2.45) is 0 Å². The number of amides is 1. The Morgan fingerprint density at radius 3 is 2.56 bits per heavy atom. The van der Waals surface area contributed by atoms with Crippen molar-refractivity contribution in [2.45, 2.75) is 25.8 Å². The van der Waals surface area contributed by atoms with E-state index in [4.69, 9.17) is 9.40 Å². The summed E-state index contributed by atoms with van der Waals surface area (Å²) in [4.78, 5) is 21.9. The zero-order chi connectivity index (χ0) is 21.9. The molecule has 0 radical (unpaired) electrons. The fraction of sp³-hybridized carbons (Fsp3) is 0.333. The lowest BCUT2D eigenvalue weighted by Gasteiger charge is -2.37. The Kier molecular flexibility index (Phi) is 5.96. The number of para-hydroxylation sites is 1. The molecule has 1 amide bonds. The van der Waals surface area contributed by atoms with Gasteiger partial charge in [0.2, 0.25) is 17.7 Å². The Balaban J connectivity index is 1.12. The van der Waals surface area contributed by atoms with Gasteiger partial charge in [0, 0.05) is 44.6 Å². The minimum Gasteiger partial charge on any atom is -0.421 e. The normalized spacial score (nSPS) is 15.8. The fourth-order valence-corrected chi connectivity index (χ4v) is 5.06. The molecule has 0 spiro atoms. The van der Waals surface area contributed by atoms with Crippen LogP contribution in [0, 0.1) is 0 Å². The SMILES string of the molecule is C[C@H](c1nc2ccccc2s1)N1CCN(C(=O)CCc2nnc(-c3ccccc3)o2)CC1. The van der Waals surface area contributed by atoms with Crippen molar-refractivity contribution in [1.82, 2.24) is 25.0 Å². The van der Waals surface area contributed by atoms with Crippen LogP contribution >= 0.6 is 11.3 Å². The van der Waals surface area contributed by atoms with Gasteiger partial charge in [0.05, 0.1) is 16.3 Å². The molecule has 2 aromatic carbocycles. The van der Waals surface area contributed by atoms with Crippen LogP contribution in [0.4, 0.5) is 0 Å². The van der Waals surface area contributed by atoms with Gasteiger partial charge in [-0.2, -0.15) is 0 Å². The first kappa shape index (κ1) is 20.8. The third-order valence-electron chi connectivity index (χ3n) is 5.92. The molecule has 3 heterocycles. The number of fused-ring (bicyclic) bond motifs is 1. The van der Waals surface area contributed by atoms with Gasteiger partial charge in [0.15, 0.2) is 0 Å². The molecule has 2 aromatic heterocycles. The number of hydrogen-bond donors (Lipinski definition) is 0. The summed E-state index contributed by atoms with van der Waals surface area (Å²) in [5.74, 6) is 1.13. The molecule has 32 heavy (non-hydrogen) atoms. The number of hydrogen-bond acceptors (Lipinski definition) is 7. The highest BCUT2D eigenvalue weighted by atomic mass is 32.1. The molecular weight excluding hydrogens is 422 g/mol. The highest BCUT2D eigenvalue weighted by molar-refractivity contribution is 7.18. The van der Waals surface area contributed by atoms with Crippen LogP contribution in [0.5, 0.6) is 0 Å². The molecule has 1 aliphatic rings. The standard InChI is InChI=1S/C24H25N5O2S/c1-17(24-25-19-9-5-6-10-20(19)32-24)28-13-15-29(16-14-28)22(30)12-11-21-26-27-23(31-21)18-7-3-2-4-8-18/h2-10,17H,11-16H2,1H3/t17-/m1/s1. The Bertz CT molecular complexity index is 1160. The third kappa shape index (κ3) is 4.42. The van der Waals surface area contributed by atoms with E-state index >= 15 is 0 Å². The van der Waals surface area contributed by atoms with E-state index in [9.17, 15) is 4.79 Å². The van der Waals surface area contributed by atoms with Crippen LogP contribution in [0.15, 0.2) is 59.0 Å². The molecule has 1 aliphatic heterocycles. The third-order valence-corrected chi connectivity index (χ3v) is 7.13. The molecule has 0 aliphatic carbocycles. The first-order chi connectivity index (χ1) is 15.7. The summed E-state index contributed by atoms with van der Waals surface area (Å²) < 4.78 is 6.94. The summed E-state index contributed by atoms with van der Waals surface area (Å²) in [5.41, 5.74) is 1.94. The summed E-state index contributed by atoms with van der Waals surface area (Å²) in [5, 5.41) is 9.33. The lowest BCUT2D eigenvalue weighted by Crippen LogP contribution is -2.49. The summed E-state index contributed by atoms with van der Waals surface area (Å²) in [7, 11) is 0. The molecule has 164 valence electrons. The van der Waals surface area contributed by atoms with E-state index in [1.54, 1.807) is 11.3 Å². The molecule has 0 saturated carbocycles. The predicted molar refractivity (Wildman–Crippen MR) is 124 cm³/mol. The monoisotopic (exact) mass is 447 g/mol. The summed E-state index contributed by atoms with van der Waals surface area (Å²) in [6, 6.07) is 18.2. The lowest BCUT2D eigenvalue weighted by molar-refractivity contribution is -0.133. The smallest absolute Gasteiger partial charge is 0.247 e. The first-order valence-electron chi connectivity index (χ1n) is 10.9. The average molecular weight is 448 g/mol. The molecule has 5 rings (SSSR count). The number of thiazole rings is 1. The van der Waals surface area contributed by atoms with Crippen LogP contribution in [0.25, 0.3) is 21.7 Å². The predicted octanol–water partition coefficient (Wildman–Crippen LogP) is 4.18. The van der Waals surface area contributed by atoms with Crippen LogP contribution < -0.4 is 0 Å². The minimum absolute atomic E-state index is 0.136. The second-order valence-corrected chi connectivity index (χ2v) is 9.04. The van der Waals surface area contributed by atoms with E-state index in [0.717, 1.165) is 42.3 Å². The van der Waals surface area contributed by atoms with E-state index in [1.807, 2.05) is 41.3 Å². The number of carbonyl (C=O) groups is 1. The number of rotatable bonds is 6. The molecule has 7 nitrogen and oxygen atoms in total. The van der Waals surface area contributed by atoms with Crippen molar-refractivity contribution in [2.75, 3.05) is 26.2 Å².